The lowest BCUT2D eigenvalue weighted by Gasteiger charge is -2.16. The summed E-state index contributed by atoms with van der Waals surface area (Å²) in [5.41, 5.74) is 1.04. The molecule has 0 atom stereocenters. The van der Waals surface area contributed by atoms with E-state index in [-0.39, 0.29) is 48.5 Å². The molecule has 0 unspecified atom stereocenters. The van der Waals surface area contributed by atoms with Crippen LogP contribution in [0.15, 0.2) is 6.07 Å². The molecule has 6 nitrogen and oxygen atoms in total. The van der Waals surface area contributed by atoms with Gasteiger partial charge in [0.05, 0.1) is 0 Å². The molecule has 0 spiro atoms. The summed E-state index contributed by atoms with van der Waals surface area (Å²) in [7, 11) is 1.45. The van der Waals surface area contributed by atoms with Crippen molar-refractivity contribution in [2.45, 2.75) is 26.7 Å². The molecule has 0 saturated heterocycles. The normalized spacial score (nSPS) is 12.8. The van der Waals surface area contributed by atoms with Crippen molar-refractivity contribution in [2.24, 2.45) is 0 Å². The molecule has 0 bridgehead atoms. The van der Waals surface area contributed by atoms with Crippen LogP contribution in [0.2, 0.25) is 0 Å². The molecular weight excluding hydrogens is 288 g/mol. The molecule has 1 aliphatic rings. The molecular formula is C16H18O6. The van der Waals surface area contributed by atoms with Gasteiger partial charge < -0.3 is 14.2 Å². The summed E-state index contributed by atoms with van der Waals surface area (Å²) in [4.78, 5) is 35.8. The van der Waals surface area contributed by atoms with Gasteiger partial charge in [0.1, 0.15) is 22.8 Å². The third-order valence-electron chi connectivity index (χ3n) is 3.45. The fourth-order valence-corrected chi connectivity index (χ4v) is 2.36. The summed E-state index contributed by atoms with van der Waals surface area (Å²) in [5, 5.41) is 0. The van der Waals surface area contributed by atoms with Crippen molar-refractivity contribution in [1.29, 1.82) is 0 Å². The topological polar surface area (TPSA) is 78.9 Å². The molecule has 1 heterocycles. The van der Waals surface area contributed by atoms with E-state index in [4.69, 9.17) is 14.2 Å². The molecule has 1 aromatic rings. The molecule has 0 aromatic heterocycles. The number of ketones is 3. The number of hydrogen-bond donors (Lipinski definition) is 0. The summed E-state index contributed by atoms with van der Waals surface area (Å²) < 4.78 is 15.7. The predicted molar refractivity (Wildman–Crippen MR) is 77.8 cm³/mol. The minimum Gasteiger partial charge on any atom is -0.485 e. The van der Waals surface area contributed by atoms with Crippen LogP contribution in [0.3, 0.4) is 0 Å². The third kappa shape index (κ3) is 3.01. The summed E-state index contributed by atoms with van der Waals surface area (Å²) in [6.07, 6.45) is 0.369. The molecule has 6 heteroatoms. The van der Waals surface area contributed by atoms with Gasteiger partial charge in [-0.2, -0.15) is 0 Å². The van der Waals surface area contributed by atoms with Gasteiger partial charge in [0.25, 0.3) is 0 Å². The monoisotopic (exact) mass is 306 g/mol. The molecule has 2 rings (SSSR count). The highest BCUT2D eigenvalue weighted by Crippen LogP contribution is 2.39. The van der Waals surface area contributed by atoms with Crippen LogP contribution in [0.5, 0.6) is 11.5 Å². The second-order valence-corrected chi connectivity index (χ2v) is 4.99. The zero-order valence-electron chi connectivity index (χ0n) is 12.9. The maximum absolute atomic E-state index is 12.0. The third-order valence-corrected chi connectivity index (χ3v) is 3.45. The summed E-state index contributed by atoms with van der Waals surface area (Å²) in [6, 6.07) is 1.51. The zero-order valence-corrected chi connectivity index (χ0v) is 12.9. The number of methoxy groups -OCH3 is 1. The van der Waals surface area contributed by atoms with E-state index >= 15 is 0 Å². The number of Topliss-reactive ketones (excluding diaryl/α,β-unsaturated/α-hetero) is 3. The second kappa shape index (κ2) is 6.70. The molecule has 118 valence electrons. The Hall–Kier alpha value is -2.21. The Kier molecular flexibility index (Phi) is 4.92. The number of rotatable bonds is 7. The number of carbonyl (C=O) groups excluding carboxylic acids is 3. The van der Waals surface area contributed by atoms with E-state index in [0.717, 1.165) is 0 Å². The molecule has 0 amide bonds. The summed E-state index contributed by atoms with van der Waals surface area (Å²) in [6.45, 7) is 2.96. The van der Waals surface area contributed by atoms with Gasteiger partial charge in [-0.25, -0.2) is 0 Å². The lowest BCUT2D eigenvalue weighted by molar-refractivity contribution is -0.118. The number of benzene rings is 1. The van der Waals surface area contributed by atoms with Gasteiger partial charge >= 0.3 is 0 Å². The summed E-state index contributed by atoms with van der Waals surface area (Å²) in [5.74, 6) is 0.0345. The maximum atomic E-state index is 12.0. The highest BCUT2D eigenvalue weighted by molar-refractivity contribution is 6.08. The molecule has 0 radical (unpaired) electrons. The molecule has 0 aliphatic carbocycles. The molecule has 1 aromatic carbocycles. The minimum absolute atomic E-state index is 0.0328. The highest BCUT2D eigenvalue weighted by atomic mass is 16.7. The van der Waals surface area contributed by atoms with Crippen molar-refractivity contribution in [3.63, 3.8) is 0 Å². The number of carbonyl (C=O) groups is 3. The van der Waals surface area contributed by atoms with E-state index in [1.54, 1.807) is 6.92 Å². The molecule has 0 saturated carbocycles. The Bertz CT molecular complexity index is 632. The zero-order chi connectivity index (χ0) is 16.3. The van der Waals surface area contributed by atoms with Crippen LogP contribution in [0.25, 0.3) is 0 Å². The first kappa shape index (κ1) is 16.2. The first-order chi connectivity index (χ1) is 10.5. The average Bonchev–Trinajstić information content (AvgIpc) is 2.86. The first-order valence-electron chi connectivity index (χ1n) is 6.99. The van der Waals surface area contributed by atoms with Gasteiger partial charge in [-0.15, -0.1) is 0 Å². The standard InChI is InChI=1S/C16H18O6/c1-4-10(18)5-12-11(9(2)17)6-14-15(13(19)7-21-14)16(12)22-8-20-3/h6H,4-5,7-8H2,1-3H3. The lowest BCUT2D eigenvalue weighted by atomic mass is 9.93. The van der Waals surface area contributed by atoms with Crippen LogP contribution in [-0.4, -0.2) is 37.9 Å². The van der Waals surface area contributed by atoms with Crippen LogP contribution >= 0.6 is 0 Å². The van der Waals surface area contributed by atoms with Crippen LogP contribution in [0, 0.1) is 0 Å². The Morgan fingerprint density at radius 3 is 2.68 bits per heavy atom. The molecule has 0 fully saturated rings. The van der Waals surface area contributed by atoms with E-state index in [9.17, 15) is 14.4 Å². The first-order valence-corrected chi connectivity index (χ1v) is 6.99. The molecule has 22 heavy (non-hydrogen) atoms. The van der Waals surface area contributed by atoms with Gasteiger partial charge in [-0.1, -0.05) is 6.92 Å². The van der Waals surface area contributed by atoms with Crippen molar-refractivity contribution in [2.75, 3.05) is 20.5 Å². The quantitative estimate of drug-likeness (QED) is 0.566. The van der Waals surface area contributed by atoms with E-state index < -0.39 is 0 Å². The molecule has 0 N–H and O–H groups in total. The predicted octanol–water partition coefficient (Wildman–Crippen LogP) is 1.97. The Balaban J connectivity index is 2.64. The Morgan fingerprint density at radius 2 is 2.09 bits per heavy atom. The van der Waals surface area contributed by atoms with Crippen molar-refractivity contribution in [3.05, 3.63) is 22.8 Å². The number of fused-ring (bicyclic) bond motifs is 1. The van der Waals surface area contributed by atoms with E-state index in [0.29, 0.717) is 23.3 Å². The fourth-order valence-electron chi connectivity index (χ4n) is 2.36. The molecule has 1 aliphatic heterocycles. The van der Waals surface area contributed by atoms with Gasteiger partial charge in [0.2, 0.25) is 5.78 Å². The van der Waals surface area contributed by atoms with Crippen LogP contribution in [0.1, 0.15) is 46.5 Å². The Labute approximate surface area is 128 Å². The van der Waals surface area contributed by atoms with Crippen molar-refractivity contribution in [3.8, 4) is 11.5 Å². The van der Waals surface area contributed by atoms with E-state index in [2.05, 4.69) is 0 Å². The van der Waals surface area contributed by atoms with Crippen molar-refractivity contribution < 1.29 is 28.6 Å². The van der Waals surface area contributed by atoms with Gasteiger partial charge in [0.15, 0.2) is 19.2 Å². The fraction of sp³-hybridized carbons (Fsp3) is 0.438. The van der Waals surface area contributed by atoms with Gasteiger partial charge in [0, 0.05) is 31.1 Å². The smallest absolute Gasteiger partial charge is 0.207 e. The van der Waals surface area contributed by atoms with Crippen LogP contribution in [-0.2, 0) is 16.0 Å². The van der Waals surface area contributed by atoms with Gasteiger partial charge in [-0.3, -0.25) is 14.4 Å². The van der Waals surface area contributed by atoms with Crippen LogP contribution < -0.4 is 9.47 Å². The van der Waals surface area contributed by atoms with E-state index in [1.807, 2.05) is 0 Å². The van der Waals surface area contributed by atoms with Crippen molar-refractivity contribution >= 4 is 17.3 Å². The minimum atomic E-state index is -0.235. The second-order valence-electron chi connectivity index (χ2n) is 4.99. The highest BCUT2D eigenvalue weighted by Gasteiger charge is 2.31. The maximum Gasteiger partial charge on any atom is 0.207 e. The Morgan fingerprint density at radius 1 is 1.36 bits per heavy atom. The van der Waals surface area contributed by atoms with Gasteiger partial charge in [-0.05, 0) is 13.0 Å². The number of hydrogen-bond acceptors (Lipinski definition) is 6. The lowest BCUT2D eigenvalue weighted by Crippen LogP contribution is -2.13. The summed E-state index contributed by atoms with van der Waals surface area (Å²) >= 11 is 0. The number of ether oxygens (including phenoxy) is 3. The van der Waals surface area contributed by atoms with Crippen LogP contribution in [0.4, 0.5) is 0 Å². The van der Waals surface area contributed by atoms with E-state index in [1.165, 1.54) is 20.1 Å². The average molecular weight is 306 g/mol. The SMILES string of the molecule is CCC(=O)Cc1c(C(C)=O)cc2c(c1OCOC)C(=O)CO2. The largest absolute Gasteiger partial charge is 0.485 e. The van der Waals surface area contributed by atoms with Crippen molar-refractivity contribution in [1.82, 2.24) is 0 Å².